The Labute approximate surface area is 104 Å². The van der Waals surface area contributed by atoms with Gasteiger partial charge < -0.3 is 10.0 Å². The monoisotopic (exact) mass is 233 g/mol. The van der Waals surface area contributed by atoms with Gasteiger partial charge in [-0.1, -0.05) is 32.9 Å². The molecule has 1 unspecified atom stereocenters. The smallest absolute Gasteiger partial charge is 0.0838 e. The van der Waals surface area contributed by atoms with Crippen molar-refractivity contribution < 1.29 is 5.11 Å². The second-order valence-electron chi connectivity index (χ2n) is 6.18. The summed E-state index contributed by atoms with van der Waals surface area (Å²) in [5.74, 6) is 0. The fourth-order valence-corrected chi connectivity index (χ4v) is 2.48. The SMILES string of the molecule is CN1CCCc2cc(C(O)C(C)(C)C)ccc21. The second kappa shape index (κ2) is 4.34. The third-order valence-corrected chi connectivity index (χ3v) is 3.59. The first-order valence-corrected chi connectivity index (χ1v) is 6.41. The Kier molecular flexibility index (Phi) is 3.17. The zero-order chi connectivity index (χ0) is 12.6. The lowest BCUT2D eigenvalue weighted by atomic mass is 9.83. The van der Waals surface area contributed by atoms with Crippen LogP contribution >= 0.6 is 0 Å². The highest BCUT2D eigenvalue weighted by molar-refractivity contribution is 5.56. The molecule has 1 aromatic carbocycles. The summed E-state index contributed by atoms with van der Waals surface area (Å²) in [6.45, 7) is 7.35. The Morgan fingerprint density at radius 1 is 1.29 bits per heavy atom. The fourth-order valence-electron chi connectivity index (χ4n) is 2.48. The lowest BCUT2D eigenvalue weighted by Crippen LogP contribution is -2.25. The molecule has 94 valence electrons. The van der Waals surface area contributed by atoms with E-state index in [2.05, 4.69) is 50.9 Å². The predicted octanol–water partition coefficient (Wildman–Crippen LogP) is 3.15. The number of hydrogen-bond acceptors (Lipinski definition) is 2. The van der Waals surface area contributed by atoms with E-state index >= 15 is 0 Å². The van der Waals surface area contributed by atoms with Gasteiger partial charge in [0.1, 0.15) is 0 Å². The van der Waals surface area contributed by atoms with Crippen LogP contribution in [0.25, 0.3) is 0 Å². The van der Waals surface area contributed by atoms with E-state index < -0.39 is 0 Å². The minimum Gasteiger partial charge on any atom is -0.388 e. The lowest BCUT2D eigenvalue weighted by molar-refractivity contribution is 0.0626. The van der Waals surface area contributed by atoms with Gasteiger partial charge in [-0.05, 0) is 35.4 Å². The van der Waals surface area contributed by atoms with Gasteiger partial charge >= 0.3 is 0 Å². The van der Waals surface area contributed by atoms with Crippen LogP contribution in [0.15, 0.2) is 18.2 Å². The zero-order valence-electron chi connectivity index (χ0n) is 11.3. The summed E-state index contributed by atoms with van der Waals surface area (Å²) in [6.07, 6.45) is 1.95. The first kappa shape index (κ1) is 12.4. The first-order valence-electron chi connectivity index (χ1n) is 6.41. The number of rotatable bonds is 1. The van der Waals surface area contributed by atoms with Gasteiger partial charge in [0.15, 0.2) is 0 Å². The molecule has 1 atom stereocenters. The van der Waals surface area contributed by atoms with Gasteiger partial charge in [-0.2, -0.15) is 0 Å². The second-order valence-corrected chi connectivity index (χ2v) is 6.18. The molecule has 0 saturated carbocycles. The van der Waals surface area contributed by atoms with Crippen molar-refractivity contribution in [2.75, 3.05) is 18.5 Å². The van der Waals surface area contributed by atoms with Crippen LogP contribution in [0.4, 0.5) is 5.69 Å². The van der Waals surface area contributed by atoms with Gasteiger partial charge in [0.2, 0.25) is 0 Å². The molecular weight excluding hydrogens is 210 g/mol. The van der Waals surface area contributed by atoms with Crippen LogP contribution in [0.5, 0.6) is 0 Å². The van der Waals surface area contributed by atoms with Crippen LogP contribution in [0.3, 0.4) is 0 Å². The van der Waals surface area contributed by atoms with E-state index in [-0.39, 0.29) is 11.5 Å². The van der Waals surface area contributed by atoms with Crippen molar-refractivity contribution >= 4 is 5.69 Å². The molecule has 0 amide bonds. The Hall–Kier alpha value is -1.02. The maximum absolute atomic E-state index is 10.3. The average molecular weight is 233 g/mol. The Balaban J connectivity index is 2.34. The first-order chi connectivity index (χ1) is 7.89. The van der Waals surface area contributed by atoms with Crippen molar-refractivity contribution in [1.29, 1.82) is 0 Å². The number of hydrogen-bond donors (Lipinski definition) is 1. The number of nitrogens with zero attached hydrogens (tertiary/aromatic N) is 1. The van der Waals surface area contributed by atoms with Crippen molar-refractivity contribution in [2.45, 2.75) is 39.7 Å². The minimum atomic E-state index is -0.389. The third-order valence-electron chi connectivity index (χ3n) is 3.59. The normalized spacial score (nSPS) is 17.8. The molecule has 1 N–H and O–H groups in total. The summed E-state index contributed by atoms with van der Waals surface area (Å²) >= 11 is 0. The number of aliphatic hydroxyl groups is 1. The summed E-state index contributed by atoms with van der Waals surface area (Å²) in [5.41, 5.74) is 3.64. The molecule has 0 saturated heterocycles. The summed E-state index contributed by atoms with van der Waals surface area (Å²) in [4.78, 5) is 2.30. The number of fused-ring (bicyclic) bond motifs is 1. The van der Waals surface area contributed by atoms with E-state index in [1.54, 1.807) is 0 Å². The van der Waals surface area contributed by atoms with Gasteiger partial charge in [0.05, 0.1) is 6.10 Å². The summed E-state index contributed by atoms with van der Waals surface area (Å²) in [5, 5.41) is 10.3. The number of anilines is 1. The molecule has 0 spiro atoms. The van der Waals surface area contributed by atoms with Crippen LogP contribution in [0, 0.1) is 5.41 Å². The molecule has 17 heavy (non-hydrogen) atoms. The van der Waals surface area contributed by atoms with Crippen molar-refractivity contribution in [3.8, 4) is 0 Å². The van der Waals surface area contributed by atoms with Crippen LogP contribution < -0.4 is 4.90 Å². The molecule has 1 aromatic rings. The highest BCUT2D eigenvalue weighted by atomic mass is 16.3. The number of aliphatic hydroxyl groups excluding tert-OH is 1. The summed E-state index contributed by atoms with van der Waals surface area (Å²) < 4.78 is 0. The molecule has 0 bridgehead atoms. The minimum absolute atomic E-state index is 0.102. The van der Waals surface area contributed by atoms with E-state index in [0.29, 0.717) is 0 Å². The van der Waals surface area contributed by atoms with E-state index in [0.717, 1.165) is 18.5 Å². The molecule has 2 nitrogen and oxygen atoms in total. The Morgan fingerprint density at radius 3 is 2.65 bits per heavy atom. The Bertz CT molecular complexity index is 406. The van der Waals surface area contributed by atoms with Crippen LogP contribution in [-0.2, 0) is 6.42 Å². The Morgan fingerprint density at radius 2 is 2.00 bits per heavy atom. The molecule has 1 aliphatic heterocycles. The van der Waals surface area contributed by atoms with Crippen LogP contribution in [-0.4, -0.2) is 18.7 Å². The van der Waals surface area contributed by atoms with E-state index in [1.165, 1.54) is 17.7 Å². The van der Waals surface area contributed by atoms with Crippen molar-refractivity contribution in [3.63, 3.8) is 0 Å². The fraction of sp³-hybridized carbons (Fsp3) is 0.600. The highest BCUT2D eigenvalue weighted by Gasteiger charge is 2.25. The lowest BCUT2D eigenvalue weighted by Gasteiger charge is -2.30. The molecule has 2 heteroatoms. The van der Waals surface area contributed by atoms with Crippen LogP contribution in [0.1, 0.15) is 44.4 Å². The third kappa shape index (κ3) is 2.47. The standard InChI is InChI=1S/C15H23NO/c1-15(2,3)14(17)12-7-8-13-11(10-12)6-5-9-16(13)4/h7-8,10,14,17H,5-6,9H2,1-4H3. The molecule has 2 rings (SSSR count). The van der Waals surface area contributed by atoms with E-state index in [1.807, 2.05) is 0 Å². The number of benzene rings is 1. The summed E-state index contributed by atoms with van der Waals surface area (Å²) in [6, 6.07) is 6.40. The molecule has 1 aliphatic rings. The predicted molar refractivity (Wildman–Crippen MR) is 72.4 cm³/mol. The van der Waals surface area contributed by atoms with Crippen molar-refractivity contribution in [2.24, 2.45) is 5.41 Å². The van der Waals surface area contributed by atoms with Gasteiger partial charge in [0.25, 0.3) is 0 Å². The molecule has 0 fully saturated rings. The molecule has 0 aliphatic carbocycles. The van der Waals surface area contributed by atoms with Crippen molar-refractivity contribution in [3.05, 3.63) is 29.3 Å². The van der Waals surface area contributed by atoms with Gasteiger partial charge in [-0.25, -0.2) is 0 Å². The summed E-state index contributed by atoms with van der Waals surface area (Å²) in [7, 11) is 2.14. The molecule has 0 aromatic heterocycles. The van der Waals surface area contributed by atoms with Crippen LogP contribution in [0.2, 0.25) is 0 Å². The highest BCUT2D eigenvalue weighted by Crippen LogP contribution is 2.35. The zero-order valence-corrected chi connectivity index (χ0v) is 11.3. The quantitative estimate of drug-likeness (QED) is 0.805. The molecular formula is C15H23NO. The topological polar surface area (TPSA) is 23.5 Å². The molecule has 0 radical (unpaired) electrons. The van der Waals surface area contributed by atoms with E-state index in [9.17, 15) is 5.11 Å². The van der Waals surface area contributed by atoms with Gasteiger partial charge in [0, 0.05) is 19.3 Å². The molecule has 1 heterocycles. The average Bonchev–Trinajstić information content (AvgIpc) is 2.26. The van der Waals surface area contributed by atoms with Gasteiger partial charge in [-0.15, -0.1) is 0 Å². The maximum Gasteiger partial charge on any atom is 0.0838 e. The van der Waals surface area contributed by atoms with Crippen molar-refractivity contribution in [1.82, 2.24) is 0 Å². The largest absolute Gasteiger partial charge is 0.388 e. The maximum atomic E-state index is 10.3. The van der Waals surface area contributed by atoms with Gasteiger partial charge in [-0.3, -0.25) is 0 Å². The van der Waals surface area contributed by atoms with E-state index in [4.69, 9.17) is 0 Å². The number of aryl methyl sites for hydroxylation is 1.